The fraction of sp³-hybridized carbons (Fsp3) is 0.0366. The van der Waals surface area contributed by atoms with Crippen molar-refractivity contribution >= 4 is 70.8 Å². The molecule has 2 aromatic heterocycles. The number of hydrogen-bond acceptors (Lipinski definition) is 2. The molecule has 2 heteroatoms. The van der Waals surface area contributed by atoms with E-state index in [0.717, 1.165) is 46.5 Å². The minimum Gasteiger partial charge on any atom is -0.248 e. The summed E-state index contributed by atoms with van der Waals surface area (Å²) in [5.41, 5.74) is 22.4. The molecule has 0 fully saturated rings. The van der Waals surface area contributed by atoms with Gasteiger partial charge in [0.2, 0.25) is 0 Å². The standard InChI is InChI=1S/C82H55NS/c1-52-41-46-74(84-52)61-35-20-36-62(47-61)78-75(58-31-16-6-17-32-58)76(60-44-42-53(43-45-60)63-48-72(56-27-12-4-13-28-56)83-73(49-63)57-29-14-5-15-30-57)77(59-33-18-7-19-34-59)81-66-39-21-37-64-70-50-68(54-23-8-2-9-24-54)69(55-25-10-3-11-26-55)51-71(70)65-38-22-40-67(82(78)81)80(65)79(64)66/h2-18,20-33,35-51H,19,34H2,1H3. The van der Waals surface area contributed by atoms with Crippen LogP contribution in [0.5, 0.6) is 0 Å². The number of allylic oxidation sites excluding steroid dienone is 4. The highest BCUT2D eigenvalue weighted by atomic mass is 32.1. The zero-order valence-corrected chi connectivity index (χ0v) is 47.3. The molecule has 2 heterocycles. The van der Waals surface area contributed by atoms with E-state index in [4.69, 9.17) is 4.98 Å². The van der Waals surface area contributed by atoms with E-state index in [0.29, 0.717) is 0 Å². The number of thiophene rings is 1. The molecule has 13 aromatic carbocycles. The molecule has 1 aliphatic carbocycles. The summed E-state index contributed by atoms with van der Waals surface area (Å²) in [6.07, 6.45) is 8.91. The number of fused-ring (bicyclic) bond motifs is 6. The van der Waals surface area contributed by atoms with Crippen molar-refractivity contribution in [2.24, 2.45) is 0 Å². The average Bonchev–Trinajstić information content (AvgIpc) is 0.755. The van der Waals surface area contributed by atoms with E-state index in [1.165, 1.54) is 136 Å². The fourth-order valence-corrected chi connectivity index (χ4v) is 14.5. The molecule has 0 saturated heterocycles. The normalized spacial score (nSPS) is 12.5. The molecule has 0 radical (unpaired) electrons. The average molecular weight is 1090 g/mol. The molecule has 1 aliphatic rings. The first-order chi connectivity index (χ1) is 41.6. The molecule has 1 nitrogen and oxygen atoms in total. The quantitative estimate of drug-likeness (QED) is 0.0982. The van der Waals surface area contributed by atoms with Crippen molar-refractivity contribution in [1.29, 1.82) is 0 Å². The Kier molecular flexibility index (Phi) is 12.2. The van der Waals surface area contributed by atoms with Gasteiger partial charge >= 0.3 is 0 Å². The highest BCUT2D eigenvalue weighted by Crippen LogP contribution is 2.57. The van der Waals surface area contributed by atoms with Crippen molar-refractivity contribution < 1.29 is 0 Å². The van der Waals surface area contributed by atoms with Crippen LogP contribution in [0.2, 0.25) is 0 Å². The molecule has 0 aliphatic heterocycles. The highest BCUT2D eigenvalue weighted by molar-refractivity contribution is 7.15. The fourth-order valence-electron chi connectivity index (χ4n) is 13.6. The lowest BCUT2D eigenvalue weighted by Gasteiger charge is -2.29. The Bertz CT molecular complexity index is 5020. The lowest BCUT2D eigenvalue weighted by Crippen LogP contribution is -2.03. The summed E-state index contributed by atoms with van der Waals surface area (Å²) in [7, 11) is 0. The summed E-state index contributed by atoms with van der Waals surface area (Å²) in [5.74, 6) is 0. The molecule has 16 rings (SSSR count). The van der Waals surface area contributed by atoms with Gasteiger partial charge in [-0.3, -0.25) is 0 Å². The van der Waals surface area contributed by atoms with Gasteiger partial charge in [0.15, 0.2) is 0 Å². The van der Waals surface area contributed by atoms with E-state index >= 15 is 0 Å². The molecule has 0 spiro atoms. The predicted octanol–water partition coefficient (Wildman–Crippen LogP) is 23.4. The molecule has 0 saturated carbocycles. The second-order valence-electron chi connectivity index (χ2n) is 22.3. The molecule has 15 aromatic rings. The first kappa shape index (κ1) is 49.6. The number of rotatable bonds is 10. The topological polar surface area (TPSA) is 12.9 Å². The third-order valence-corrected chi connectivity index (χ3v) is 18.4. The van der Waals surface area contributed by atoms with Crippen LogP contribution in [-0.2, 0) is 0 Å². The van der Waals surface area contributed by atoms with Gasteiger partial charge in [0.05, 0.1) is 11.4 Å². The van der Waals surface area contributed by atoms with Crippen LogP contribution >= 0.6 is 11.3 Å². The number of hydrogen-bond donors (Lipinski definition) is 0. The van der Waals surface area contributed by atoms with Crippen molar-refractivity contribution in [3.05, 3.63) is 302 Å². The van der Waals surface area contributed by atoms with E-state index in [-0.39, 0.29) is 0 Å². The SMILES string of the molecule is Cc1ccc(-c2cccc(-c3c(-c4ccccc4)c(-c4ccc(-c5cc(-c6ccccc6)nc(-c6ccccc6)c5)cc4)c(C4=CC=CCC4)c4c5cccc6c7cc(-c8ccccc8)c(-c8ccccc8)cc7c7cccc(c34)c7c65)c2)s1. The first-order valence-corrected chi connectivity index (χ1v) is 30.0. The van der Waals surface area contributed by atoms with Crippen LogP contribution in [-0.4, -0.2) is 4.98 Å². The Morgan fingerprint density at radius 3 is 1.29 bits per heavy atom. The predicted molar refractivity (Wildman–Crippen MR) is 361 cm³/mol. The summed E-state index contributed by atoms with van der Waals surface area (Å²) in [6.45, 7) is 2.21. The van der Waals surface area contributed by atoms with E-state index in [9.17, 15) is 0 Å². The van der Waals surface area contributed by atoms with Crippen molar-refractivity contribution in [2.45, 2.75) is 19.8 Å². The second-order valence-corrected chi connectivity index (χ2v) is 23.6. The lowest BCUT2D eigenvalue weighted by molar-refractivity contribution is 1.06. The molecule has 84 heavy (non-hydrogen) atoms. The number of aromatic nitrogens is 1. The summed E-state index contributed by atoms with van der Waals surface area (Å²) < 4.78 is 0. The van der Waals surface area contributed by atoms with Gasteiger partial charge in [-0.2, -0.15) is 0 Å². The molecular weight excluding hydrogens is 1030 g/mol. The van der Waals surface area contributed by atoms with Crippen molar-refractivity contribution in [3.8, 4) is 99.7 Å². The summed E-state index contributed by atoms with van der Waals surface area (Å²) in [6, 6.07) is 102. The van der Waals surface area contributed by atoms with Crippen molar-refractivity contribution in [2.75, 3.05) is 0 Å². The molecule has 0 unspecified atom stereocenters. The Balaban J connectivity index is 1.06. The summed E-state index contributed by atoms with van der Waals surface area (Å²) in [4.78, 5) is 7.84. The number of aryl methyl sites for hydroxylation is 1. The van der Waals surface area contributed by atoms with E-state index in [1.54, 1.807) is 0 Å². The molecule has 0 atom stereocenters. The smallest absolute Gasteiger partial charge is 0.0715 e. The zero-order valence-electron chi connectivity index (χ0n) is 46.5. The van der Waals surface area contributed by atoms with Gasteiger partial charge in [0.25, 0.3) is 0 Å². The number of benzene rings is 13. The molecule has 0 amide bonds. The van der Waals surface area contributed by atoms with Gasteiger partial charge in [-0.25, -0.2) is 4.98 Å². The van der Waals surface area contributed by atoms with Crippen LogP contribution in [0, 0.1) is 6.92 Å². The van der Waals surface area contributed by atoms with E-state index in [1.807, 2.05) is 11.3 Å². The van der Waals surface area contributed by atoms with Gasteiger partial charge in [-0.15, -0.1) is 11.3 Å². The van der Waals surface area contributed by atoms with Crippen molar-refractivity contribution in [3.63, 3.8) is 0 Å². The van der Waals surface area contributed by atoms with Crippen molar-refractivity contribution in [1.82, 2.24) is 4.98 Å². The monoisotopic (exact) mass is 1090 g/mol. The van der Waals surface area contributed by atoms with Crippen LogP contribution in [0.1, 0.15) is 23.3 Å². The minimum absolute atomic E-state index is 0.920. The molecule has 0 bridgehead atoms. The second kappa shape index (κ2) is 20.6. The van der Waals surface area contributed by atoms with Crippen LogP contribution in [0.25, 0.3) is 159 Å². The lowest BCUT2D eigenvalue weighted by atomic mass is 9.74. The maximum atomic E-state index is 5.27. The third-order valence-electron chi connectivity index (χ3n) is 17.4. The van der Waals surface area contributed by atoms with Gasteiger partial charge in [-0.1, -0.05) is 249 Å². The van der Waals surface area contributed by atoms with Crippen LogP contribution < -0.4 is 0 Å². The van der Waals surface area contributed by atoms with Gasteiger partial charge in [0, 0.05) is 20.9 Å². The maximum Gasteiger partial charge on any atom is 0.0715 e. The van der Waals surface area contributed by atoms with Gasteiger partial charge in [-0.05, 0) is 200 Å². The molecule has 0 N–H and O–H groups in total. The Morgan fingerprint density at radius 1 is 0.310 bits per heavy atom. The summed E-state index contributed by atoms with van der Waals surface area (Å²) >= 11 is 1.86. The third kappa shape index (κ3) is 8.40. The Morgan fingerprint density at radius 2 is 0.762 bits per heavy atom. The largest absolute Gasteiger partial charge is 0.248 e. The maximum absolute atomic E-state index is 5.27. The molecule has 394 valence electrons. The number of nitrogens with zero attached hydrogens (tertiary/aromatic N) is 1. The van der Waals surface area contributed by atoms with Crippen LogP contribution in [0.3, 0.4) is 0 Å². The van der Waals surface area contributed by atoms with E-state index < -0.39 is 0 Å². The Hall–Kier alpha value is -10.3. The molecular formula is C82H55NS. The van der Waals surface area contributed by atoms with Gasteiger partial charge in [0.1, 0.15) is 0 Å². The van der Waals surface area contributed by atoms with Gasteiger partial charge < -0.3 is 0 Å². The zero-order chi connectivity index (χ0) is 55.7. The number of pyridine rings is 1. The first-order valence-electron chi connectivity index (χ1n) is 29.2. The van der Waals surface area contributed by atoms with Crippen LogP contribution in [0.4, 0.5) is 0 Å². The minimum atomic E-state index is 0.920. The summed E-state index contributed by atoms with van der Waals surface area (Å²) in [5, 5.41) is 12.8. The highest BCUT2D eigenvalue weighted by Gasteiger charge is 2.30. The van der Waals surface area contributed by atoms with E-state index in [2.05, 4.69) is 298 Å². The van der Waals surface area contributed by atoms with Crippen LogP contribution in [0.15, 0.2) is 291 Å². The Labute approximate surface area is 493 Å².